The van der Waals surface area contributed by atoms with E-state index in [2.05, 4.69) is 47.5 Å². The van der Waals surface area contributed by atoms with Crippen molar-refractivity contribution in [1.29, 1.82) is 0 Å². The second-order valence-corrected chi connectivity index (χ2v) is 6.19. The third kappa shape index (κ3) is 2.06. The van der Waals surface area contributed by atoms with Gasteiger partial charge in [0, 0.05) is 30.6 Å². The standard InChI is InChI=1S/C17H21N3/c1-12-10-13-4-2-3-5-16(13)19-17(12)20-9-8-14-6-7-15(11-20)18-14/h2-5,10,14-15,18H,6-9,11H2,1H3. The summed E-state index contributed by atoms with van der Waals surface area (Å²) in [5.74, 6) is 1.18. The van der Waals surface area contributed by atoms with Crippen LogP contribution in [0.25, 0.3) is 10.9 Å². The summed E-state index contributed by atoms with van der Waals surface area (Å²) in [5.41, 5.74) is 2.40. The van der Waals surface area contributed by atoms with Crippen LogP contribution in [0.5, 0.6) is 0 Å². The van der Waals surface area contributed by atoms with Gasteiger partial charge in [0.25, 0.3) is 0 Å². The highest BCUT2D eigenvalue weighted by atomic mass is 15.2. The summed E-state index contributed by atoms with van der Waals surface area (Å²) in [4.78, 5) is 7.41. The van der Waals surface area contributed by atoms with Crippen LogP contribution in [0.1, 0.15) is 24.8 Å². The van der Waals surface area contributed by atoms with Gasteiger partial charge >= 0.3 is 0 Å². The van der Waals surface area contributed by atoms with E-state index in [0.29, 0.717) is 6.04 Å². The molecule has 0 saturated carbocycles. The molecular formula is C17H21N3. The van der Waals surface area contributed by atoms with Crippen LogP contribution in [-0.4, -0.2) is 30.2 Å². The zero-order valence-electron chi connectivity index (χ0n) is 12.0. The number of hydrogen-bond donors (Lipinski definition) is 1. The molecule has 0 radical (unpaired) electrons. The van der Waals surface area contributed by atoms with Crippen molar-refractivity contribution >= 4 is 16.7 Å². The Morgan fingerprint density at radius 2 is 2.00 bits per heavy atom. The lowest BCUT2D eigenvalue weighted by Gasteiger charge is -2.27. The zero-order valence-corrected chi connectivity index (χ0v) is 12.0. The summed E-state index contributed by atoms with van der Waals surface area (Å²) in [7, 11) is 0. The number of pyridine rings is 1. The molecule has 1 aromatic heterocycles. The van der Waals surface area contributed by atoms with Crippen LogP contribution in [0.3, 0.4) is 0 Å². The first kappa shape index (κ1) is 12.2. The summed E-state index contributed by atoms with van der Waals surface area (Å²) >= 11 is 0. The molecule has 0 spiro atoms. The number of fused-ring (bicyclic) bond motifs is 3. The van der Waals surface area contributed by atoms with E-state index in [0.717, 1.165) is 24.6 Å². The lowest BCUT2D eigenvalue weighted by molar-refractivity contribution is 0.563. The number of anilines is 1. The summed E-state index contributed by atoms with van der Waals surface area (Å²) in [5, 5.41) is 4.98. The second kappa shape index (κ2) is 4.74. The molecule has 2 unspecified atom stereocenters. The van der Waals surface area contributed by atoms with E-state index in [1.165, 1.54) is 36.0 Å². The number of aryl methyl sites for hydroxylation is 1. The first-order valence-electron chi connectivity index (χ1n) is 7.67. The monoisotopic (exact) mass is 267 g/mol. The molecule has 3 nitrogen and oxygen atoms in total. The molecule has 2 aromatic rings. The lowest BCUT2D eigenvalue weighted by atomic mass is 10.1. The first-order chi connectivity index (χ1) is 9.79. The Morgan fingerprint density at radius 3 is 2.95 bits per heavy atom. The van der Waals surface area contributed by atoms with Crippen molar-refractivity contribution in [3.8, 4) is 0 Å². The van der Waals surface area contributed by atoms with Gasteiger partial charge in [-0.15, -0.1) is 0 Å². The van der Waals surface area contributed by atoms with E-state index in [-0.39, 0.29) is 0 Å². The molecule has 2 bridgehead atoms. The molecule has 2 saturated heterocycles. The number of rotatable bonds is 1. The Labute approximate surface area is 120 Å². The average Bonchev–Trinajstić information content (AvgIpc) is 2.78. The fraction of sp³-hybridized carbons (Fsp3) is 0.471. The van der Waals surface area contributed by atoms with E-state index in [4.69, 9.17) is 4.98 Å². The molecule has 2 aliphatic heterocycles. The zero-order chi connectivity index (χ0) is 13.5. The van der Waals surface area contributed by atoms with Crippen molar-refractivity contribution in [3.05, 3.63) is 35.9 Å². The van der Waals surface area contributed by atoms with Crippen molar-refractivity contribution in [2.75, 3.05) is 18.0 Å². The Balaban J connectivity index is 1.72. The molecular weight excluding hydrogens is 246 g/mol. The fourth-order valence-corrected chi connectivity index (χ4v) is 3.67. The van der Waals surface area contributed by atoms with Gasteiger partial charge in [-0.3, -0.25) is 0 Å². The van der Waals surface area contributed by atoms with E-state index in [1.54, 1.807) is 0 Å². The fourth-order valence-electron chi connectivity index (χ4n) is 3.67. The van der Waals surface area contributed by atoms with Crippen molar-refractivity contribution in [3.63, 3.8) is 0 Å². The number of nitrogens with zero attached hydrogens (tertiary/aromatic N) is 2. The third-order valence-corrected chi connectivity index (χ3v) is 4.71. The molecule has 0 aliphatic carbocycles. The predicted octanol–water partition coefficient (Wildman–Crippen LogP) is 2.87. The highest BCUT2D eigenvalue weighted by Gasteiger charge is 2.30. The molecule has 2 fully saturated rings. The van der Waals surface area contributed by atoms with Crippen molar-refractivity contribution in [2.24, 2.45) is 0 Å². The van der Waals surface area contributed by atoms with Crippen LogP contribution in [0.15, 0.2) is 30.3 Å². The summed E-state index contributed by atoms with van der Waals surface area (Å²) in [6.07, 6.45) is 3.90. The van der Waals surface area contributed by atoms with E-state index < -0.39 is 0 Å². The van der Waals surface area contributed by atoms with Gasteiger partial charge in [-0.25, -0.2) is 4.98 Å². The van der Waals surface area contributed by atoms with Crippen molar-refractivity contribution in [1.82, 2.24) is 10.3 Å². The van der Waals surface area contributed by atoms with Gasteiger partial charge in [-0.2, -0.15) is 0 Å². The number of hydrogen-bond acceptors (Lipinski definition) is 3. The molecule has 2 atom stereocenters. The van der Waals surface area contributed by atoms with Gasteiger partial charge in [-0.05, 0) is 43.9 Å². The van der Waals surface area contributed by atoms with Gasteiger partial charge < -0.3 is 10.2 Å². The molecule has 0 amide bonds. The number of para-hydroxylation sites is 1. The highest BCUT2D eigenvalue weighted by molar-refractivity contribution is 5.81. The Bertz CT molecular complexity index is 637. The van der Waals surface area contributed by atoms with Crippen LogP contribution < -0.4 is 10.2 Å². The maximum Gasteiger partial charge on any atom is 0.132 e. The summed E-state index contributed by atoms with van der Waals surface area (Å²) in [6.45, 7) is 4.41. The number of aromatic nitrogens is 1. The Kier molecular flexibility index (Phi) is 2.88. The third-order valence-electron chi connectivity index (χ3n) is 4.71. The molecule has 2 aliphatic rings. The van der Waals surface area contributed by atoms with Crippen molar-refractivity contribution < 1.29 is 0 Å². The highest BCUT2D eigenvalue weighted by Crippen LogP contribution is 2.27. The van der Waals surface area contributed by atoms with E-state index in [9.17, 15) is 0 Å². The number of benzene rings is 1. The van der Waals surface area contributed by atoms with E-state index in [1.807, 2.05) is 0 Å². The maximum absolute atomic E-state index is 4.92. The second-order valence-electron chi connectivity index (χ2n) is 6.19. The molecule has 20 heavy (non-hydrogen) atoms. The summed E-state index contributed by atoms with van der Waals surface area (Å²) in [6, 6.07) is 12.1. The lowest BCUT2D eigenvalue weighted by Crippen LogP contribution is -2.36. The molecule has 104 valence electrons. The van der Waals surface area contributed by atoms with Crippen LogP contribution in [0.2, 0.25) is 0 Å². The van der Waals surface area contributed by atoms with Crippen LogP contribution >= 0.6 is 0 Å². The largest absolute Gasteiger partial charge is 0.355 e. The quantitative estimate of drug-likeness (QED) is 0.861. The molecule has 3 heteroatoms. The predicted molar refractivity (Wildman–Crippen MR) is 83.3 cm³/mol. The van der Waals surface area contributed by atoms with Gasteiger partial charge in [0.15, 0.2) is 0 Å². The van der Waals surface area contributed by atoms with Gasteiger partial charge in [0.1, 0.15) is 5.82 Å². The van der Waals surface area contributed by atoms with Crippen LogP contribution in [-0.2, 0) is 0 Å². The van der Waals surface area contributed by atoms with Crippen molar-refractivity contribution in [2.45, 2.75) is 38.3 Å². The smallest absolute Gasteiger partial charge is 0.132 e. The van der Waals surface area contributed by atoms with Gasteiger partial charge in [0.05, 0.1) is 5.52 Å². The molecule has 1 N–H and O–H groups in total. The molecule has 4 rings (SSSR count). The Morgan fingerprint density at radius 1 is 1.15 bits per heavy atom. The SMILES string of the molecule is Cc1cc2ccccc2nc1N1CCC2CCC(C1)N2. The van der Waals surface area contributed by atoms with Crippen LogP contribution in [0, 0.1) is 6.92 Å². The van der Waals surface area contributed by atoms with Gasteiger partial charge in [0.2, 0.25) is 0 Å². The van der Waals surface area contributed by atoms with E-state index >= 15 is 0 Å². The normalized spacial score (nSPS) is 25.9. The molecule has 1 aromatic carbocycles. The Hall–Kier alpha value is -1.61. The maximum atomic E-state index is 4.92. The minimum absolute atomic E-state index is 0.648. The molecule has 3 heterocycles. The minimum atomic E-state index is 0.648. The first-order valence-corrected chi connectivity index (χ1v) is 7.67. The van der Waals surface area contributed by atoms with Crippen LogP contribution in [0.4, 0.5) is 5.82 Å². The topological polar surface area (TPSA) is 28.2 Å². The average molecular weight is 267 g/mol. The minimum Gasteiger partial charge on any atom is -0.355 e. The summed E-state index contributed by atoms with van der Waals surface area (Å²) < 4.78 is 0. The van der Waals surface area contributed by atoms with Gasteiger partial charge in [-0.1, -0.05) is 18.2 Å². The number of nitrogens with one attached hydrogen (secondary N) is 1.